The van der Waals surface area contributed by atoms with Crippen LogP contribution in [0.15, 0.2) is 66.0 Å². The normalized spacial score (nSPS) is 10.4. The highest BCUT2D eigenvalue weighted by Crippen LogP contribution is 2.15. The molecule has 24 heavy (non-hydrogen) atoms. The largest absolute Gasteiger partial charge is 0.489 e. The summed E-state index contributed by atoms with van der Waals surface area (Å²) in [6.07, 6.45) is 0. The minimum absolute atomic E-state index is 0.0727. The van der Waals surface area contributed by atoms with Crippen LogP contribution in [0.3, 0.4) is 0 Å². The van der Waals surface area contributed by atoms with E-state index in [0.717, 1.165) is 11.1 Å². The first-order valence-corrected chi connectivity index (χ1v) is 8.36. The van der Waals surface area contributed by atoms with Crippen molar-refractivity contribution in [1.82, 2.24) is 5.32 Å². The molecule has 0 atom stereocenters. The summed E-state index contributed by atoms with van der Waals surface area (Å²) in [5.41, 5.74) is 1.76. The summed E-state index contributed by atoms with van der Waals surface area (Å²) in [5.74, 6) is 0.358. The van der Waals surface area contributed by atoms with Crippen molar-refractivity contribution in [2.75, 3.05) is 0 Å². The Morgan fingerprint density at radius 3 is 2.58 bits per heavy atom. The number of hydrogen-bond donors (Lipinski definition) is 1. The number of carbonyl (C=O) groups is 1. The molecule has 0 unspecified atom stereocenters. The highest BCUT2D eigenvalue weighted by atomic mass is 32.1. The van der Waals surface area contributed by atoms with Crippen molar-refractivity contribution in [2.24, 2.45) is 0 Å². The number of nitrogens with one attached hydrogen (secondary N) is 1. The molecule has 5 heteroatoms. The number of amides is 1. The average Bonchev–Trinajstić information content (AvgIpc) is 3.13. The number of benzene rings is 2. The van der Waals surface area contributed by atoms with Crippen molar-refractivity contribution in [3.63, 3.8) is 0 Å². The first-order valence-electron chi connectivity index (χ1n) is 7.48. The summed E-state index contributed by atoms with van der Waals surface area (Å²) in [7, 11) is 0. The van der Waals surface area contributed by atoms with E-state index in [-0.39, 0.29) is 11.7 Å². The molecule has 0 saturated heterocycles. The number of halogens is 1. The van der Waals surface area contributed by atoms with Gasteiger partial charge >= 0.3 is 0 Å². The van der Waals surface area contributed by atoms with Crippen LogP contribution in [-0.4, -0.2) is 5.91 Å². The van der Waals surface area contributed by atoms with Crippen molar-refractivity contribution in [2.45, 2.75) is 13.2 Å². The number of carbonyl (C=O) groups excluding carboxylic acids is 1. The fourth-order valence-corrected chi connectivity index (χ4v) is 2.81. The Hall–Kier alpha value is -2.66. The molecule has 0 aliphatic rings. The second kappa shape index (κ2) is 7.75. The van der Waals surface area contributed by atoms with Crippen LogP contribution < -0.4 is 10.1 Å². The molecule has 0 spiro atoms. The molecule has 1 amide bonds. The molecule has 1 N–H and O–H groups in total. The Morgan fingerprint density at radius 1 is 1.04 bits per heavy atom. The summed E-state index contributed by atoms with van der Waals surface area (Å²) in [5, 5.41) is 4.75. The lowest BCUT2D eigenvalue weighted by atomic mass is 10.2. The van der Waals surface area contributed by atoms with E-state index in [1.54, 1.807) is 12.1 Å². The van der Waals surface area contributed by atoms with E-state index >= 15 is 0 Å². The minimum Gasteiger partial charge on any atom is -0.489 e. The van der Waals surface area contributed by atoms with E-state index in [0.29, 0.717) is 23.8 Å². The van der Waals surface area contributed by atoms with Gasteiger partial charge in [-0.05, 0) is 46.8 Å². The fourth-order valence-electron chi connectivity index (χ4n) is 2.17. The Kier molecular flexibility index (Phi) is 5.23. The molecule has 122 valence electrons. The van der Waals surface area contributed by atoms with Crippen LogP contribution in [0, 0.1) is 5.82 Å². The molecule has 1 aromatic heterocycles. The van der Waals surface area contributed by atoms with Gasteiger partial charge in [0.2, 0.25) is 0 Å². The van der Waals surface area contributed by atoms with Gasteiger partial charge in [0, 0.05) is 6.54 Å². The number of hydrogen-bond acceptors (Lipinski definition) is 3. The zero-order chi connectivity index (χ0) is 16.8. The number of ether oxygens (including phenoxy) is 1. The zero-order valence-electron chi connectivity index (χ0n) is 12.9. The molecule has 0 aliphatic heterocycles. The van der Waals surface area contributed by atoms with Crippen molar-refractivity contribution in [3.05, 3.63) is 87.9 Å². The molecule has 0 saturated carbocycles. The summed E-state index contributed by atoms with van der Waals surface area (Å²) in [6, 6.07) is 17.5. The molecule has 3 nitrogen and oxygen atoms in total. The van der Waals surface area contributed by atoms with Crippen LogP contribution in [-0.2, 0) is 13.2 Å². The SMILES string of the molecule is O=C(NCc1ccc(OCc2cccc(F)c2)cc1)c1cccs1. The van der Waals surface area contributed by atoms with Gasteiger partial charge in [-0.2, -0.15) is 0 Å². The standard InChI is InChI=1S/C19H16FNO2S/c20-16-4-1-3-15(11-16)13-23-17-8-6-14(7-9-17)12-21-19(22)18-5-2-10-24-18/h1-11H,12-13H2,(H,21,22). The molecule has 3 aromatic rings. The van der Waals surface area contributed by atoms with Crippen LogP contribution in [0.5, 0.6) is 5.75 Å². The molecule has 0 fully saturated rings. The lowest BCUT2D eigenvalue weighted by Gasteiger charge is -2.08. The fraction of sp³-hybridized carbons (Fsp3) is 0.105. The average molecular weight is 341 g/mol. The van der Waals surface area contributed by atoms with Gasteiger partial charge in [0.05, 0.1) is 4.88 Å². The topological polar surface area (TPSA) is 38.3 Å². The molecule has 0 aliphatic carbocycles. The van der Waals surface area contributed by atoms with E-state index in [1.165, 1.54) is 23.5 Å². The predicted molar refractivity (Wildman–Crippen MR) is 92.7 cm³/mol. The van der Waals surface area contributed by atoms with Crippen LogP contribution in [0.4, 0.5) is 4.39 Å². The first kappa shape index (κ1) is 16.2. The molecule has 3 rings (SSSR count). The van der Waals surface area contributed by atoms with Gasteiger partial charge in [-0.3, -0.25) is 4.79 Å². The quantitative estimate of drug-likeness (QED) is 0.722. The van der Waals surface area contributed by atoms with Gasteiger partial charge < -0.3 is 10.1 Å². The molecular weight excluding hydrogens is 325 g/mol. The maximum Gasteiger partial charge on any atom is 0.261 e. The van der Waals surface area contributed by atoms with Crippen molar-refractivity contribution < 1.29 is 13.9 Å². The zero-order valence-corrected chi connectivity index (χ0v) is 13.7. The third-order valence-electron chi connectivity index (χ3n) is 3.42. The van der Waals surface area contributed by atoms with E-state index in [1.807, 2.05) is 41.8 Å². The Labute approximate surface area is 143 Å². The van der Waals surface area contributed by atoms with Gasteiger partial charge in [-0.15, -0.1) is 11.3 Å². The lowest BCUT2D eigenvalue weighted by Crippen LogP contribution is -2.21. The van der Waals surface area contributed by atoms with Gasteiger partial charge in [-0.1, -0.05) is 30.3 Å². The van der Waals surface area contributed by atoms with Gasteiger partial charge in [0.15, 0.2) is 0 Å². The molecule has 0 bridgehead atoms. The highest BCUT2D eigenvalue weighted by Gasteiger charge is 2.05. The van der Waals surface area contributed by atoms with Crippen LogP contribution in [0.25, 0.3) is 0 Å². The summed E-state index contributed by atoms with van der Waals surface area (Å²) in [6.45, 7) is 0.771. The van der Waals surface area contributed by atoms with E-state index in [2.05, 4.69) is 5.32 Å². The van der Waals surface area contributed by atoms with Gasteiger partial charge in [-0.25, -0.2) is 4.39 Å². The Bertz CT molecular complexity index is 800. The van der Waals surface area contributed by atoms with Gasteiger partial charge in [0.25, 0.3) is 5.91 Å². The summed E-state index contributed by atoms with van der Waals surface area (Å²) in [4.78, 5) is 12.6. The third-order valence-corrected chi connectivity index (χ3v) is 4.28. The predicted octanol–water partition coefficient (Wildman–Crippen LogP) is 4.40. The molecule has 1 heterocycles. The monoisotopic (exact) mass is 341 g/mol. The number of thiophene rings is 1. The smallest absolute Gasteiger partial charge is 0.261 e. The van der Waals surface area contributed by atoms with Crippen molar-refractivity contribution in [3.8, 4) is 5.75 Å². The minimum atomic E-state index is -0.270. The summed E-state index contributed by atoms with van der Waals surface area (Å²) < 4.78 is 18.7. The maximum absolute atomic E-state index is 13.1. The molecule has 0 radical (unpaired) electrons. The lowest BCUT2D eigenvalue weighted by molar-refractivity contribution is 0.0955. The Balaban J connectivity index is 1.51. The second-order valence-corrected chi connectivity index (χ2v) is 6.17. The van der Waals surface area contributed by atoms with Crippen LogP contribution in [0.1, 0.15) is 20.8 Å². The van der Waals surface area contributed by atoms with Crippen molar-refractivity contribution >= 4 is 17.2 Å². The van der Waals surface area contributed by atoms with Crippen molar-refractivity contribution in [1.29, 1.82) is 0 Å². The second-order valence-electron chi connectivity index (χ2n) is 5.22. The van der Waals surface area contributed by atoms with Crippen LogP contribution >= 0.6 is 11.3 Å². The molecular formula is C19H16FNO2S. The maximum atomic E-state index is 13.1. The highest BCUT2D eigenvalue weighted by molar-refractivity contribution is 7.12. The van der Waals surface area contributed by atoms with E-state index in [9.17, 15) is 9.18 Å². The third kappa shape index (κ3) is 4.43. The van der Waals surface area contributed by atoms with E-state index in [4.69, 9.17) is 4.74 Å². The first-order chi connectivity index (χ1) is 11.7. The van der Waals surface area contributed by atoms with Gasteiger partial charge in [0.1, 0.15) is 18.2 Å². The Morgan fingerprint density at radius 2 is 1.88 bits per heavy atom. The molecule has 2 aromatic carbocycles. The van der Waals surface area contributed by atoms with Crippen LogP contribution in [0.2, 0.25) is 0 Å². The summed E-state index contributed by atoms with van der Waals surface area (Å²) >= 11 is 1.42. The van der Waals surface area contributed by atoms with E-state index < -0.39 is 0 Å². The number of rotatable bonds is 6.